The van der Waals surface area contributed by atoms with E-state index in [-0.39, 0.29) is 41.5 Å². The van der Waals surface area contributed by atoms with Gasteiger partial charge < -0.3 is 24.7 Å². The van der Waals surface area contributed by atoms with Gasteiger partial charge in [0.25, 0.3) is 0 Å². The maximum absolute atomic E-state index is 6.11. The maximum atomic E-state index is 6.11. The van der Waals surface area contributed by atoms with E-state index in [2.05, 4.69) is 41.6 Å². The SMILES string of the molecule is CCCCOC1CC(NC(=NCc2ccc(OC)cc2)NCc2nnc(C)n2C)C1(C)C.I. The van der Waals surface area contributed by atoms with E-state index in [1.165, 1.54) is 0 Å². The van der Waals surface area contributed by atoms with Gasteiger partial charge in [-0.2, -0.15) is 0 Å². The van der Waals surface area contributed by atoms with E-state index in [1.54, 1.807) is 7.11 Å². The van der Waals surface area contributed by atoms with Crippen LogP contribution in [0.25, 0.3) is 0 Å². The number of nitrogens with one attached hydrogen (secondary N) is 2. The first kappa shape index (κ1) is 27.4. The monoisotopic (exact) mass is 570 g/mol. The number of hydrogen-bond donors (Lipinski definition) is 2. The summed E-state index contributed by atoms with van der Waals surface area (Å²) in [5, 5.41) is 15.5. The molecule has 1 aromatic heterocycles. The minimum Gasteiger partial charge on any atom is -0.497 e. The quantitative estimate of drug-likeness (QED) is 0.195. The third kappa shape index (κ3) is 7.05. The van der Waals surface area contributed by atoms with Crippen LogP contribution in [-0.4, -0.2) is 46.6 Å². The van der Waals surface area contributed by atoms with Crippen molar-refractivity contribution in [3.63, 3.8) is 0 Å². The molecule has 3 rings (SSSR count). The maximum Gasteiger partial charge on any atom is 0.192 e. The Kier molecular flexibility index (Phi) is 10.4. The van der Waals surface area contributed by atoms with Crippen molar-refractivity contribution >= 4 is 29.9 Å². The summed E-state index contributed by atoms with van der Waals surface area (Å²) in [5.74, 6) is 3.37. The summed E-state index contributed by atoms with van der Waals surface area (Å²) in [5.41, 5.74) is 1.16. The second-order valence-electron chi connectivity index (χ2n) is 9.06. The van der Waals surface area contributed by atoms with Gasteiger partial charge in [0.1, 0.15) is 11.6 Å². The molecule has 33 heavy (non-hydrogen) atoms. The molecule has 1 aliphatic rings. The summed E-state index contributed by atoms with van der Waals surface area (Å²) in [4.78, 5) is 4.84. The predicted molar refractivity (Wildman–Crippen MR) is 142 cm³/mol. The summed E-state index contributed by atoms with van der Waals surface area (Å²) in [6.45, 7) is 10.6. The first-order valence-electron chi connectivity index (χ1n) is 11.5. The van der Waals surface area contributed by atoms with Crippen LogP contribution in [0.15, 0.2) is 29.3 Å². The van der Waals surface area contributed by atoms with E-state index in [0.29, 0.717) is 13.1 Å². The molecule has 2 atom stereocenters. The number of aromatic nitrogens is 3. The Labute approximate surface area is 215 Å². The lowest BCUT2D eigenvalue weighted by Crippen LogP contribution is -2.63. The minimum atomic E-state index is 0. The molecule has 0 amide bonds. The number of benzene rings is 1. The highest BCUT2D eigenvalue weighted by Crippen LogP contribution is 2.42. The van der Waals surface area contributed by atoms with Crippen molar-refractivity contribution in [3.8, 4) is 5.75 Å². The van der Waals surface area contributed by atoms with Crippen molar-refractivity contribution in [2.75, 3.05) is 13.7 Å². The lowest BCUT2D eigenvalue weighted by atomic mass is 9.64. The van der Waals surface area contributed by atoms with Gasteiger partial charge in [-0.3, -0.25) is 0 Å². The van der Waals surface area contributed by atoms with Gasteiger partial charge in [0.05, 0.1) is 26.3 Å². The van der Waals surface area contributed by atoms with E-state index in [9.17, 15) is 0 Å². The van der Waals surface area contributed by atoms with Crippen molar-refractivity contribution < 1.29 is 9.47 Å². The van der Waals surface area contributed by atoms with E-state index in [1.807, 2.05) is 42.8 Å². The van der Waals surface area contributed by atoms with Crippen LogP contribution in [-0.2, 0) is 24.9 Å². The number of unbranched alkanes of at least 4 members (excludes halogenated alkanes) is 1. The molecule has 1 heterocycles. The Hall–Kier alpha value is -1.88. The number of aliphatic imine (C=N–C) groups is 1. The van der Waals surface area contributed by atoms with Gasteiger partial charge in [0.15, 0.2) is 11.8 Å². The van der Waals surface area contributed by atoms with Crippen LogP contribution in [0.3, 0.4) is 0 Å². The molecule has 184 valence electrons. The average molecular weight is 571 g/mol. The topological polar surface area (TPSA) is 85.6 Å². The molecule has 0 radical (unpaired) electrons. The van der Waals surface area contributed by atoms with E-state index in [4.69, 9.17) is 14.5 Å². The number of halogens is 1. The summed E-state index contributed by atoms with van der Waals surface area (Å²) >= 11 is 0. The molecule has 8 nitrogen and oxygen atoms in total. The Bertz CT molecular complexity index is 897. The number of rotatable bonds is 10. The predicted octanol–water partition coefficient (Wildman–Crippen LogP) is 3.97. The van der Waals surface area contributed by atoms with Gasteiger partial charge in [-0.1, -0.05) is 39.3 Å². The lowest BCUT2D eigenvalue weighted by molar-refractivity contribution is -0.113. The zero-order chi connectivity index (χ0) is 23.1. The average Bonchev–Trinajstić information content (AvgIpc) is 3.11. The summed E-state index contributed by atoms with van der Waals surface area (Å²) in [7, 11) is 3.65. The fourth-order valence-electron chi connectivity index (χ4n) is 3.77. The van der Waals surface area contributed by atoms with Crippen molar-refractivity contribution in [1.82, 2.24) is 25.4 Å². The van der Waals surface area contributed by atoms with Gasteiger partial charge in [-0.05, 0) is 37.5 Å². The van der Waals surface area contributed by atoms with Crippen LogP contribution >= 0.6 is 24.0 Å². The lowest BCUT2D eigenvalue weighted by Gasteiger charge is -2.52. The molecule has 1 aromatic carbocycles. The first-order valence-corrected chi connectivity index (χ1v) is 11.5. The molecule has 2 aromatic rings. The highest BCUT2D eigenvalue weighted by molar-refractivity contribution is 14.0. The molecule has 0 spiro atoms. The third-order valence-corrected chi connectivity index (χ3v) is 6.48. The molecule has 1 aliphatic carbocycles. The van der Waals surface area contributed by atoms with Gasteiger partial charge in [-0.15, -0.1) is 34.2 Å². The Morgan fingerprint density at radius 3 is 2.55 bits per heavy atom. The van der Waals surface area contributed by atoms with Crippen LogP contribution in [0.5, 0.6) is 5.75 Å². The van der Waals surface area contributed by atoms with Crippen LogP contribution in [0.1, 0.15) is 57.2 Å². The molecule has 9 heteroatoms. The van der Waals surface area contributed by atoms with Crippen LogP contribution in [0, 0.1) is 12.3 Å². The number of aryl methyl sites for hydroxylation is 1. The zero-order valence-corrected chi connectivity index (χ0v) is 23.1. The van der Waals surface area contributed by atoms with Crippen molar-refractivity contribution in [1.29, 1.82) is 0 Å². The molecule has 1 fully saturated rings. The smallest absolute Gasteiger partial charge is 0.192 e. The molecule has 0 bridgehead atoms. The van der Waals surface area contributed by atoms with Crippen LogP contribution in [0.4, 0.5) is 0 Å². The van der Waals surface area contributed by atoms with Gasteiger partial charge >= 0.3 is 0 Å². The number of methoxy groups -OCH3 is 1. The van der Waals surface area contributed by atoms with Crippen molar-refractivity contribution in [3.05, 3.63) is 41.5 Å². The van der Waals surface area contributed by atoms with Crippen LogP contribution in [0.2, 0.25) is 0 Å². The minimum absolute atomic E-state index is 0. The van der Waals surface area contributed by atoms with Crippen molar-refractivity contribution in [2.45, 2.75) is 72.2 Å². The molecular weight excluding hydrogens is 531 g/mol. The second kappa shape index (κ2) is 12.5. The Morgan fingerprint density at radius 2 is 1.97 bits per heavy atom. The van der Waals surface area contributed by atoms with E-state index < -0.39 is 0 Å². The second-order valence-corrected chi connectivity index (χ2v) is 9.06. The normalized spacial score (nSPS) is 19.4. The number of nitrogens with zero attached hydrogens (tertiary/aromatic N) is 4. The highest BCUT2D eigenvalue weighted by atomic mass is 127. The molecule has 1 saturated carbocycles. The van der Waals surface area contributed by atoms with Crippen molar-refractivity contribution in [2.24, 2.45) is 17.5 Å². The summed E-state index contributed by atoms with van der Waals surface area (Å²) in [6, 6.07) is 8.29. The van der Waals surface area contributed by atoms with E-state index >= 15 is 0 Å². The van der Waals surface area contributed by atoms with E-state index in [0.717, 1.165) is 54.8 Å². The van der Waals surface area contributed by atoms with Gasteiger partial charge in [-0.25, -0.2) is 4.99 Å². The number of hydrogen-bond acceptors (Lipinski definition) is 5. The zero-order valence-electron chi connectivity index (χ0n) is 20.7. The van der Waals surface area contributed by atoms with Gasteiger partial charge in [0, 0.05) is 25.1 Å². The highest BCUT2D eigenvalue weighted by Gasteiger charge is 2.49. The molecule has 2 N–H and O–H groups in total. The standard InChI is InChI=1S/C24H38N6O2.HI/c1-7-8-13-32-21-14-20(24(21,3)4)27-23(26-16-22-29-28-17(2)30(22)5)25-15-18-9-11-19(31-6)12-10-18;/h9-12,20-21H,7-8,13-16H2,1-6H3,(H2,25,26,27);1H. The molecule has 0 aliphatic heterocycles. The fourth-order valence-corrected chi connectivity index (χ4v) is 3.77. The Morgan fingerprint density at radius 1 is 1.24 bits per heavy atom. The molecule has 0 saturated heterocycles. The number of ether oxygens (including phenoxy) is 2. The number of guanidine groups is 1. The van der Waals surface area contributed by atoms with Crippen LogP contribution < -0.4 is 15.4 Å². The first-order chi connectivity index (χ1) is 15.3. The summed E-state index contributed by atoms with van der Waals surface area (Å²) < 4.78 is 13.3. The largest absolute Gasteiger partial charge is 0.497 e. The third-order valence-electron chi connectivity index (χ3n) is 6.48. The molecule has 2 unspecified atom stereocenters. The van der Waals surface area contributed by atoms with Gasteiger partial charge in [0.2, 0.25) is 0 Å². The molecular formula is C24H39IN6O2. The fraction of sp³-hybridized carbons (Fsp3) is 0.625. The Balaban J connectivity index is 0.00000385. The summed E-state index contributed by atoms with van der Waals surface area (Å²) in [6.07, 6.45) is 3.51.